The van der Waals surface area contributed by atoms with E-state index in [1.165, 1.54) is 0 Å². The average molecular weight is 205 g/mol. The molecule has 0 aromatic carbocycles. The number of esters is 1. The second-order valence-corrected chi connectivity index (χ2v) is 4.23. The number of nitrogens with zero attached hydrogens (tertiary/aromatic N) is 1. The Morgan fingerprint density at radius 2 is 2.20 bits per heavy atom. The molecule has 0 aliphatic rings. The van der Waals surface area contributed by atoms with Gasteiger partial charge in [-0.1, -0.05) is 27.4 Å². The third-order valence-electron chi connectivity index (χ3n) is 1.86. The first kappa shape index (κ1) is 11.4. The highest BCUT2D eigenvalue weighted by molar-refractivity contribution is 5.83. The maximum absolute atomic E-state index is 11.1. The van der Waals surface area contributed by atoms with Gasteiger partial charge in [0, 0.05) is 17.7 Å². The average Bonchev–Trinajstić information content (AvgIpc) is 2.17. The maximum atomic E-state index is 11.1. The predicted molar refractivity (Wildman–Crippen MR) is 58.8 cm³/mol. The van der Waals surface area contributed by atoms with E-state index in [1.54, 1.807) is 18.3 Å². The van der Waals surface area contributed by atoms with Crippen LogP contribution in [0, 0.1) is 0 Å². The van der Waals surface area contributed by atoms with Crippen LogP contribution in [0.25, 0.3) is 0 Å². The lowest BCUT2D eigenvalue weighted by atomic mass is 9.91. The molecule has 0 spiro atoms. The zero-order valence-corrected chi connectivity index (χ0v) is 9.28. The standard InChI is InChI=1S/C12H15NO2/c1-5-10(14)15-9-7-6-8-13-11(9)12(2,3)4/h5-8H,1H2,2-4H3. The summed E-state index contributed by atoms with van der Waals surface area (Å²) in [5.74, 6) is 0.0309. The van der Waals surface area contributed by atoms with Crippen LogP contribution in [0.2, 0.25) is 0 Å². The summed E-state index contributed by atoms with van der Waals surface area (Å²) in [6.07, 6.45) is 2.82. The quantitative estimate of drug-likeness (QED) is 0.550. The SMILES string of the molecule is C=CC(=O)Oc1cccnc1C(C)(C)C. The molecule has 0 saturated carbocycles. The van der Waals surface area contributed by atoms with Gasteiger partial charge in [0.05, 0.1) is 5.69 Å². The smallest absolute Gasteiger partial charge is 0.335 e. The number of rotatable bonds is 2. The van der Waals surface area contributed by atoms with Gasteiger partial charge in [-0.2, -0.15) is 0 Å². The summed E-state index contributed by atoms with van der Waals surface area (Å²) in [5, 5.41) is 0. The first-order valence-corrected chi connectivity index (χ1v) is 4.75. The van der Waals surface area contributed by atoms with E-state index < -0.39 is 5.97 Å². The van der Waals surface area contributed by atoms with Gasteiger partial charge in [-0.3, -0.25) is 4.98 Å². The van der Waals surface area contributed by atoms with Crippen molar-refractivity contribution in [2.24, 2.45) is 0 Å². The van der Waals surface area contributed by atoms with Crippen LogP contribution in [0.1, 0.15) is 26.5 Å². The van der Waals surface area contributed by atoms with Crippen molar-refractivity contribution in [2.75, 3.05) is 0 Å². The molecule has 0 aliphatic heterocycles. The van der Waals surface area contributed by atoms with Gasteiger partial charge in [-0.05, 0) is 12.1 Å². The first-order valence-electron chi connectivity index (χ1n) is 4.75. The van der Waals surface area contributed by atoms with Crippen molar-refractivity contribution >= 4 is 5.97 Å². The van der Waals surface area contributed by atoms with E-state index in [0.29, 0.717) is 5.75 Å². The summed E-state index contributed by atoms with van der Waals surface area (Å²) in [5.41, 5.74) is 0.609. The van der Waals surface area contributed by atoms with E-state index in [2.05, 4.69) is 11.6 Å². The van der Waals surface area contributed by atoms with Crippen LogP contribution in [0.3, 0.4) is 0 Å². The molecule has 15 heavy (non-hydrogen) atoms. The minimum atomic E-state index is -0.464. The molecule has 0 amide bonds. The molecule has 0 aliphatic carbocycles. The van der Waals surface area contributed by atoms with Gasteiger partial charge in [0.25, 0.3) is 0 Å². The number of aromatic nitrogens is 1. The number of ether oxygens (including phenoxy) is 1. The minimum absolute atomic E-state index is 0.155. The molecular formula is C12H15NO2. The third-order valence-corrected chi connectivity index (χ3v) is 1.86. The van der Waals surface area contributed by atoms with E-state index in [9.17, 15) is 4.79 Å². The molecule has 1 aromatic heterocycles. The first-order chi connectivity index (χ1) is 6.95. The van der Waals surface area contributed by atoms with Gasteiger partial charge in [-0.25, -0.2) is 4.79 Å². The Kier molecular flexibility index (Phi) is 3.24. The van der Waals surface area contributed by atoms with Gasteiger partial charge >= 0.3 is 5.97 Å². The summed E-state index contributed by atoms with van der Waals surface area (Å²) in [6, 6.07) is 3.47. The normalized spacial score (nSPS) is 10.9. The van der Waals surface area contributed by atoms with Gasteiger partial charge in [0.15, 0.2) is 5.75 Å². The Morgan fingerprint density at radius 3 is 2.73 bits per heavy atom. The van der Waals surface area contributed by atoms with Crippen molar-refractivity contribution < 1.29 is 9.53 Å². The predicted octanol–water partition coefficient (Wildman–Crippen LogP) is 2.47. The van der Waals surface area contributed by atoms with Crippen molar-refractivity contribution in [3.63, 3.8) is 0 Å². The molecule has 1 aromatic rings. The highest BCUT2D eigenvalue weighted by Crippen LogP contribution is 2.28. The monoisotopic (exact) mass is 205 g/mol. The van der Waals surface area contributed by atoms with Crippen LogP contribution in [-0.4, -0.2) is 11.0 Å². The molecular weight excluding hydrogens is 190 g/mol. The molecule has 0 fully saturated rings. The highest BCUT2D eigenvalue weighted by Gasteiger charge is 2.21. The molecule has 1 heterocycles. The lowest BCUT2D eigenvalue weighted by Crippen LogP contribution is -2.17. The topological polar surface area (TPSA) is 39.2 Å². The molecule has 80 valence electrons. The lowest BCUT2D eigenvalue weighted by molar-refractivity contribution is -0.129. The minimum Gasteiger partial charge on any atom is -0.421 e. The summed E-state index contributed by atoms with van der Waals surface area (Å²) in [7, 11) is 0. The molecule has 3 nitrogen and oxygen atoms in total. The summed E-state index contributed by atoms with van der Waals surface area (Å²) < 4.78 is 5.10. The second kappa shape index (κ2) is 4.26. The fraction of sp³-hybridized carbons (Fsp3) is 0.333. The Morgan fingerprint density at radius 1 is 1.53 bits per heavy atom. The zero-order valence-electron chi connectivity index (χ0n) is 9.28. The van der Waals surface area contributed by atoms with Crippen LogP contribution in [-0.2, 0) is 10.2 Å². The van der Waals surface area contributed by atoms with Crippen molar-refractivity contribution in [3.8, 4) is 5.75 Å². The van der Waals surface area contributed by atoms with Crippen LogP contribution in [0.4, 0.5) is 0 Å². The number of hydrogen-bond acceptors (Lipinski definition) is 3. The molecule has 1 rings (SSSR count). The Labute approximate surface area is 89.8 Å². The van der Waals surface area contributed by atoms with Crippen molar-refractivity contribution in [3.05, 3.63) is 36.7 Å². The second-order valence-electron chi connectivity index (χ2n) is 4.23. The number of carbonyl (C=O) groups excluding carboxylic acids is 1. The summed E-state index contributed by atoms with van der Waals surface area (Å²) in [4.78, 5) is 15.3. The van der Waals surface area contributed by atoms with Crippen molar-refractivity contribution in [1.29, 1.82) is 0 Å². The molecule has 0 radical (unpaired) electrons. The third kappa shape index (κ3) is 2.91. The molecule has 0 saturated heterocycles. The van der Waals surface area contributed by atoms with Crippen molar-refractivity contribution in [2.45, 2.75) is 26.2 Å². The molecule has 0 bridgehead atoms. The van der Waals surface area contributed by atoms with Crippen LogP contribution < -0.4 is 4.74 Å². The highest BCUT2D eigenvalue weighted by atomic mass is 16.5. The van der Waals surface area contributed by atoms with E-state index in [-0.39, 0.29) is 5.41 Å². The maximum Gasteiger partial charge on any atom is 0.335 e. The largest absolute Gasteiger partial charge is 0.421 e. The summed E-state index contributed by atoms with van der Waals surface area (Å²) in [6.45, 7) is 9.40. The van der Waals surface area contributed by atoms with Crippen LogP contribution in [0.5, 0.6) is 5.75 Å². The fourth-order valence-electron chi connectivity index (χ4n) is 1.19. The van der Waals surface area contributed by atoms with Crippen LogP contribution >= 0.6 is 0 Å². The molecule has 3 heteroatoms. The van der Waals surface area contributed by atoms with Gasteiger partial charge < -0.3 is 4.74 Å². The van der Waals surface area contributed by atoms with Crippen LogP contribution in [0.15, 0.2) is 31.0 Å². The number of hydrogen-bond donors (Lipinski definition) is 0. The van der Waals surface area contributed by atoms with E-state index in [4.69, 9.17) is 4.74 Å². The van der Waals surface area contributed by atoms with Gasteiger partial charge in [-0.15, -0.1) is 0 Å². The Hall–Kier alpha value is -1.64. The Balaban J connectivity index is 3.07. The number of pyridine rings is 1. The van der Waals surface area contributed by atoms with Crippen molar-refractivity contribution in [1.82, 2.24) is 4.98 Å². The van der Waals surface area contributed by atoms with Gasteiger partial charge in [0.2, 0.25) is 0 Å². The lowest BCUT2D eigenvalue weighted by Gasteiger charge is -2.20. The zero-order chi connectivity index (χ0) is 11.5. The molecule has 0 atom stereocenters. The molecule has 0 unspecified atom stereocenters. The van der Waals surface area contributed by atoms with Gasteiger partial charge in [0.1, 0.15) is 0 Å². The summed E-state index contributed by atoms with van der Waals surface area (Å²) >= 11 is 0. The Bertz CT molecular complexity index is 377. The van der Waals surface area contributed by atoms with E-state index in [0.717, 1.165) is 11.8 Å². The van der Waals surface area contributed by atoms with E-state index >= 15 is 0 Å². The molecule has 0 N–H and O–H groups in total. The number of carbonyl (C=O) groups is 1. The van der Waals surface area contributed by atoms with E-state index in [1.807, 2.05) is 20.8 Å². The fourth-order valence-corrected chi connectivity index (χ4v) is 1.19.